The highest BCUT2D eigenvalue weighted by molar-refractivity contribution is 5.77. The van der Waals surface area contributed by atoms with Gasteiger partial charge in [-0.1, -0.05) is 0 Å². The van der Waals surface area contributed by atoms with Crippen LogP contribution in [0.4, 0.5) is 13.2 Å². The molecule has 0 atom stereocenters. The van der Waals surface area contributed by atoms with Gasteiger partial charge in [0.25, 0.3) is 0 Å². The number of ketones is 1. The van der Waals surface area contributed by atoms with E-state index in [1.165, 1.54) is 6.92 Å². The number of hydrogen-bond acceptors (Lipinski definition) is 3. The van der Waals surface area contributed by atoms with Crippen LogP contribution in [0.3, 0.4) is 0 Å². The van der Waals surface area contributed by atoms with E-state index in [0.29, 0.717) is 0 Å². The van der Waals surface area contributed by atoms with Crippen LogP contribution < -0.4 is 0 Å². The molecule has 78 valence electrons. The molecular weight excluding hydrogens is 187 g/mol. The van der Waals surface area contributed by atoms with E-state index in [9.17, 15) is 18.0 Å². The van der Waals surface area contributed by atoms with Crippen LogP contribution in [-0.4, -0.2) is 48.2 Å². The number of carbonyl (C=O) groups is 1. The zero-order valence-electron chi connectivity index (χ0n) is 7.26. The SMILES string of the molecule is CC(=O)CN(CCO)CC(F)(F)F. The van der Waals surface area contributed by atoms with Crippen LogP contribution in [-0.2, 0) is 4.79 Å². The van der Waals surface area contributed by atoms with Gasteiger partial charge in [-0.05, 0) is 6.92 Å². The lowest BCUT2D eigenvalue weighted by Gasteiger charge is -2.20. The third-order valence-corrected chi connectivity index (χ3v) is 1.27. The van der Waals surface area contributed by atoms with Gasteiger partial charge in [-0.3, -0.25) is 9.69 Å². The summed E-state index contributed by atoms with van der Waals surface area (Å²) < 4.78 is 35.5. The smallest absolute Gasteiger partial charge is 0.395 e. The van der Waals surface area contributed by atoms with Gasteiger partial charge in [0.2, 0.25) is 0 Å². The summed E-state index contributed by atoms with van der Waals surface area (Å²) in [4.78, 5) is 11.4. The third-order valence-electron chi connectivity index (χ3n) is 1.27. The third kappa shape index (κ3) is 7.73. The number of alkyl halides is 3. The first kappa shape index (κ1) is 12.4. The van der Waals surface area contributed by atoms with Gasteiger partial charge >= 0.3 is 6.18 Å². The predicted molar refractivity (Wildman–Crippen MR) is 40.3 cm³/mol. The second-order valence-corrected chi connectivity index (χ2v) is 2.75. The molecule has 0 radical (unpaired) electrons. The van der Waals surface area contributed by atoms with Crippen molar-refractivity contribution in [2.45, 2.75) is 13.1 Å². The van der Waals surface area contributed by atoms with Crippen molar-refractivity contribution in [2.24, 2.45) is 0 Å². The van der Waals surface area contributed by atoms with Crippen molar-refractivity contribution in [2.75, 3.05) is 26.2 Å². The van der Waals surface area contributed by atoms with Crippen molar-refractivity contribution in [1.82, 2.24) is 4.90 Å². The fourth-order valence-corrected chi connectivity index (χ4v) is 0.924. The Morgan fingerprint density at radius 2 is 2.00 bits per heavy atom. The van der Waals surface area contributed by atoms with Gasteiger partial charge in [0.05, 0.1) is 19.7 Å². The van der Waals surface area contributed by atoms with E-state index in [4.69, 9.17) is 5.11 Å². The molecule has 6 heteroatoms. The minimum Gasteiger partial charge on any atom is -0.395 e. The number of halogens is 3. The summed E-state index contributed by atoms with van der Waals surface area (Å²) in [6.45, 7) is -0.754. The summed E-state index contributed by atoms with van der Waals surface area (Å²) in [7, 11) is 0. The lowest BCUT2D eigenvalue weighted by Crippen LogP contribution is -2.38. The van der Waals surface area contributed by atoms with Crippen LogP contribution in [0, 0.1) is 0 Å². The van der Waals surface area contributed by atoms with E-state index in [1.54, 1.807) is 0 Å². The molecule has 0 saturated carbocycles. The average molecular weight is 199 g/mol. The Hall–Kier alpha value is -0.620. The van der Waals surface area contributed by atoms with Crippen molar-refractivity contribution in [3.05, 3.63) is 0 Å². The molecule has 0 aliphatic rings. The number of hydrogen-bond donors (Lipinski definition) is 1. The molecule has 0 fully saturated rings. The van der Waals surface area contributed by atoms with Crippen molar-refractivity contribution in [1.29, 1.82) is 0 Å². The number of aliphatic hydroxyl groups excluding tert-OH is 1. The molecular formula is C7H12F3NO2. The predicted octanol–water partition coefficient (Wildman–Crippen LogP) is 0.432. The zero-order valence-corrected chi connectivity index (χ0v) is 7.26. The molecule has 0 aromatic rings. The van der Waals surface area contributed by atoms with Crippen molar-refractivity contribution in [3.63, 3.8) is 0 Å². The van der Waals surface area contributed by atoms with Crippen LogP contribution in [0.25, 0.3) is 0 Å². The maximum atomic E-state index is 11.8. The molecule has 0 spiro atoms. The van der Waals surface area contributed by atoms with E-state index >= 15 is 0 Å². The van der Waals surface area contributed by atoms with Gasteiger partial charge in [-0.25, -0.2) is 0 Å². The average Bonchev–Trinajstić information content (AvgIpc) is 1.81. The first-order chi connectivity index (χ1) is 5.85. The quantitative estimate of drug-likeness (QED) is 0.698. The normalized spacial score (nSPS) is 12.2. The van der Waals surface area contributed by atoms with Crippen LogP contribution in [0.5, 0.6) is 0 Å². The molecule has 3 nitrogen and oxygen atoms in total. The molecule has 0 heterocycles. The number of rotatable bonds is 5. The Morgan fingerprint density at radius 3 is 2.31 bits per heavy atom. The molecule has 0 aliphatic heterocycles. The molecule has 0 saturated heterocycles. The summed E-state index contributed by atoms with van der Waals surface area (Å²) in [6.07, 6.45) is -4.33. The second-order valence-electron chi connectivity index (χ2n) is 2.75. The molecule has 0 amide bonds. The number of aliphatic hydroxyl groups is 1. The first-order valence-electron chi connectivity index (χ1n) is 3.74. The van der Waals surface area contributed by atoms with E-state index < -0.39 is 12.7 Å². The van der Waals surface area contributed by atoms with Crippen LogP contribution in [0.2, 0.25) is 0 Å². The highest BCUT2D eigenvalue weighted by Gasteiger charge is 2.30. The highest BCUT2D eigenvalue weighted by Crippen LogP contribution is 2.15. The largest absolute Gasteiger partial charge is 0.401 e. The molecule has 1 N–H and O–H groups in total. The Morgan fingerprint density at radius 1 is 1.46 bits per heavy atom. The van der Waals surface area contributed by atoms with Crippen LogP contribution in [0.15, 0.2) is 0 Å². The molecule has 0 unspecified atom stereocenters. The molecule has 0 bridgehead atoms. The van der Waals surface area contributed by atoms with E-state index in [-0.39, 0.29) is 25.5 Å². The summed E-state index contributed by atoms with van der Waals surface area (Å²) in [5, 5.41) is 8.43. The van der Waals surface area contributed by atoms with E-state index in [0.717, 1.165) is 4.90 Å². The fourth-order valence-electron chi connectivity index (χ4n) is 0.924. The number of nitrogens with zero attached hydrogens (tertiary/aromatic N) is 1. The van der Waals surface area contributed by atoms with E-state index in [1.807, 2.05) is 0 Å². The van der Waals surface area contributed by atoms with Gasteiger partial charge < -0.3 is 5.11 Å². The first-order valence-corrected chi connectivity index (χ1v) is 3.74. The molecule has 13 heavy (non-hydrogen) atoms. The molecule has 0 aliphatic carbocycles. The van der Waals surface area contributed by atoms with E-state index in [2.05, 4.69) is 0 Å². The van der Waals surface area contributed by atoms with Crippen molar-refractivity contribution < 1.29 is 23.1 Å². The second kappa shape index (κ2) is 5.18. The maximum Gasteiger partial charge on any atom is 0.401 e. The minimum atomic E-state index is -4.33. The molecule has 0 rings (SSSR count). The fraction of sp³-hybridized carbons (Fsp3) is 0.857. The van der Waals surface area contributed by atoms with Crippen LogP contribution >= 0.6 is 0 Å². The zero-order chi connectivity index (χ0) is 10.5. The Balaban J connectivity index is 4.01. The van der Waals surface area contributed by atoms with Crippen molar-refractivity contribution in [3.8, 4) is 0 Å². The highest BCUT2D eigenvalue weighted by atomic mass is 19.4. The molecule has 0 aromatic carbocycles. The van der Waals surface area contributed by atoms with Gasteiger partial charge in [0.1, 0.15) is 5.78 Å². The van der Waals surface area contributed by atoms with Crippen LogP contribution in [0.1, 0.15) is 6.92 Å². The standard InChI is InChI=1S/C7H12F3NO2/c1-6(13)4-11(2-3-12)5-7(8,9)10/h12H,2-5H2,1H3. The summed E-state index contributed by atoms with van der Waals surface area (Å²) >= 11 is 0. The van der Waals surface area contributed by atoms with Gasteiger partial charge in [0, 0.05) is 6.54 Å². The topological polar surface area (TPSA) is 40.5 Å². The summed E-state index contributed by atoms with van der Waals surface area (Å²) in [5.74, 6) is -0.349. The van der Waals surface area contributed by atoms with Gasteiger partial charge in [-0.15, -0.1) is 0 Å². The minimum absolute atomic E-state index is 0.140. The Labute approximate surface area is 74.1 Å². The van der Waals surface area contributed by atoms with Gasteiger partial charge in [-0.2, -0.15) is 13.2 Å². The monoisotopic (exact) mass is 199 g/mol. The molecule has 0 aromatic heterocycles. The number of carbonyl (C=O) groups excluding carboxylic acids is 1. The Bertz CT molecular complexity index is 170. The summed E-state index contributed by atoms with van der Waals surface area (Å²) in [5.41, 5.74) is 0. The number of Topliss-reactive ketones (excluding diaryl/α,β-unsaturated/α-hetero) is 1. The van der Waals surface area contributed by atoms with Gasteiger partial charge in [0.15, 0.2) is 0 Å². The Kier molecular flexibility index (Phi) is 4.94. The maximum absolute atomic E-state index is 11.8. The lowest BCUT2D eigenvalue weighted by molar-refractivity contribution is -0.148. The van der Waals surface area contributed by atoms with Crippen molar-refractivity contribution >= 4 is 5.78 Å². The lowest BCUT2D eigenvalue weighted by atomic mass is 10.3. The summed E-state index contributed by atoms with van der Waals surface area (Å²) in [6, 6.07) is 0.